The lowest BCUT2D eigenvalue weighted by Gasteiger charge is -2.24. The van der Waals surface area contributed by atoms with Gasteiger partial charge < -0.3 is 14.8 Å². The summed E-state index contributed by atoms with van der Waals surface area (Å²) in [5, 5.41) is 2.62. The molecule has 0 spiro atoms. The van der Waals surface area contributed by atoms with Crippen molar-refractivity contribution in [2.75, 3.05) is 0 Å². The summed E-state index contributed by atoms with van der Waals surface area (Å²) in [6.45, 7) is 1.82. The Kier molecular flexibility index (Phi) is 3.99. The molecule has 2 aliphatic carbocycles. The fraction of sp³-hybridized carbons (Fsp3) is 0.692. The van der Waals surface area contributed by atoms with E-state index in [1.54, 1.807) is 0 Å². The lowest BCUT2D eigenvalue weighted by molar-refractivity contribution is -0.112. The highest BCUT2D eigenvalue weighted by Gasteiger charge is 2.45. The van der Waals surface area contributed by atoms with Crippen LogP contribution in [0.25, 0.3) is 0 Å². The molecule has 2 rings (SSSR count). The highest BCUT2D eigenvalue weighted by Crippen LogP contribution is 2.42. The molecular formula is C13H18FNO3. The van der Waals surface area contributed by atoms with E-state index in [0.717, 1.165) is 12.7 Å². The average Bonchev–Trinajstić information content (AvgIpc) is 2.89. The number of carbonyl (C=O) groups excluding carboxylic acids is 2. The standard InChI is InChI=1S/C13H18FNO3/c1-2-3-11(14)18-13(17)15-12-9-5-4-8(6-9)10(12)7-16/h4-5,7-12H,2-3,6H2,1H3,(H,15,17)/t8?,9?,10-,11?,12+/m0/s1. The number of ether oxygens (including phenoxy) is 1. The number of alkyl carbamates (subject to hydrolysis) is 1. The Balaban J connectivity index is 1.87. The minimum Gasteiger partial charge on any atom is -0.415 e. The molecule has 0 heterocycles. The van der Waals surface area contributed by atoms with Gasteiger partial charge >= 0.3 is 6.09 Å². The lowest BCUT2D eigenvalue weighted by Crippen LogP contribution is -2.44. The summed E-state index contributed by atoms with van der Waals surface area (Å²) in [6.07, 6.45) is 4.24. The Bertz CT molecular complexity index is 358. The van der Waals surface area contributed by atoms with E-state index in [2.05, 4.69) is 10.1 Å². The monoisotopic (exact) mass is 255 g/mol. The molecule has 4 nitrogen and oxygen atoms in total. The molecule has 1 amide bonds. The normalized spacial score (nSPS) is 34.3. The molecule has 18 heavy (non-hydrogen) atoms. The smallest absolute Gasteiger partial charge is 0.409 e. The number of aldehydes is 1. The molecule has 100 valence electrons. The van der Waals surface area contributed by atoms with E-state index < -0.39 is 12.5 Å². The van der Waals surface area contributed by atoms with Gasteiger partial charge in [-0.1, -0.05) is 19.1 Å². The largest absolute Gasteiger partial charge is 0.415 e. The second-order valence-electron chi connectivity index (χ2n) is 4.94. The van der Waals surface area contributed by atoms with Crippen molar-refractivity contribution in [3.63, 3.8) is 0 Å². The minimum absolute atomic E-state index is 0.169. The van der Waals surface area contributed by atoms with Crippen LogP contribution in [0.4, 0.5) is 9.18 Å². The molecule has 2 bridgehead atoms. The zero-order chi connectivity index (χ0) is 13.1. The number of nitrogens with one attached hydrogen (secondary N) is 1. The fourth-order valence-corrected chi connectivity index (χ4v) is 2.82. The third-order valence-electron chi connectivity index (χ3n) is 3.71. The molecule has 0 aliphatic heterocycles. The molecule has 0 aromatic carbocycles. The van der Waals surface area contributed by atoms with Crippen LogP contribution in [-0.2, 0) is 9.53 Å². The van der Waals surface area contributed by atoms with Crippen LogP contribution in [0.5, 0.6) is 0 Å². The first-order chi connectivity index (χ1) is 8.65. The first kappa shape index (κ1) is 13.1. The molecule has 3 unspecified atom stereocenters. The van der Waals surface area contributed by atoms with Crippen molar-refractivity contribution >= 4 is 12.4 Å². The number of allylic oxidation sites excluding steroid dienone is 1. The Labute approximate surface area is 106 Å². The van der Waals surface area contributed by atoms with Crippen LogP contribution in [0, 0.1) is 17.8 Å². The van der Waals surface area contributed by atoms with Gasteiger partial charge in [-0.05, 0) is 24.7 Å². The Morgan fingerprint density at radius 3 is 2.94 bits per heavy atom. The molecule has 1 N–H and O–H groups in total. The summed E-state index contributed by atoms with van der Waals surface area (Å²) in [6, 6.07) is -0.251. The number of hydrogen-bond acceptors (Lipinski definition) is 3. The maximum absolute atomic E-state index is 13.1. The summed E-state index contributed by atoms with van der Waals surface area (Å²) < 4.78 is 17.7. The van der Waals surface area contributed by atoms with Gasteiger partial charge in [-0.15, -0.1) is 0 Å². The Morgan fingerprint density at radius 2 is 2.28 bits per heavy atom. The topological polar surface area (TPSA) is 55.4 Å². The molecular weight excluding hydrogens is 237 g/mol. The summed E-state index contributed by atoms with van der Waals surface area (Å²) in [7, 11) is 0. The van der Waals surface area contributed by atoms with Crippen LogP contribution in [0.3, 0.4) is 0 Å². The summed E-state index contributed by atoms with van der Waals surface area (Å²) in [4.78, 5) is 22.5. The van der Waals surface area contributed by atoms with Gasteiger partial charge in [0.2, 0.25) is 6.36 Å². The van der Waals surface area contributed by atoms with E-state index >= 15 is 0 Å². The summed E-state index contributed by atoms with van der Waals surface area (Å²) >= 11 is 0. The number of halogens is 1. The molecule has 5 atom stereocenters. The molecule has 0 radical (unpaired) electrons. The number of fused-ring (bicyclic) bond motifs is 2. The second kappa shape index (κ2) is 5.50. The van der Waals surface area contributed by atoms with E-state index in [0.29, 0.717) is 6.42 Å². The zero-order valence-electron chi connectivity index (χ0n) is 10.3. The van der Waals surface area contributed by atoms with Crippen LogP contribution in [0.1, 0.15) is 26.2 Å². The van der Waals surface area contributed by atoms with E-state index in [9.17, 15) is 14.0 Å². The van der Waals surface area contributed by atoms with Crippen molar-refractivity contribution in [1.82, 2.24) is 5.32 Å². The van der Waals surface area contributed by atoms with Gasteiger partial charge in [0.15, 0.2) is 0 Å². The van der Waals surface area contributed by atoms with Crippen LogP contribution in [-0.4, -0.2) is 24.8 Å². The minimum atomic E-state index is -1.57. The van der Waals surface area contributed by atoms with Gasteiger partial charge in [-0.25, -0.2) is 9.18 Å². The van der Waals surface area contributed by atoms with E-state index in [1.165, 1.54) is 0 Å². The molecule has 1 saturated carbocycles. The lowest BCUT2D eigenvalue weighted by atomic mass is 9.90. The Morgan fingerprint density at radius 1 is 1.56 bits per heavy atom. The van der Waals surface area contributed by atoms with Gasteiger partial charge in [0.1, 0.15) is 6.29 Å². The highest BCUT2D eigenvalue weighted by atomic mass is 19.1. The van der Waals surface area contributed by atoms with Crippen LogP contribution >= 0.6 is 0 Å². The number of carbonyl (C=O) groups is 2. The molecule has 0 aromatic heterocycles. The first-order valence-corrected chi connectivity index (χ1v) is 6.40. The van der Waals surface area contributed by atoms with Gasteiger partial charge in [0, 0.05) is 18.4 Å². The SMILES string of the molecule is CCCC(F)OC(=O)N[C@@H]1C2C=CC(C2)[C@@H]1C=O. The van der Waals surface area contributed by atoms with Crippen LogP contribution < -0.4 is 5.32 Å². The number of rotatable bonds is 5. The van der Waals surface area contributed by atoms with Gasteiger partial charge in [-0.2, -0.15) is 0 Å². The third kappa shape index (κ3) is 2.54. The first-order valence-electron chi connectivity index (χ1n) is 6.40. The van der Waals surface area contributed by atoms with Crippen molar-refractivity contribution in [3.8, 4) is 0 Å². The van der Waals surface area contributed by atoms with E-state index in [4.69, 9.17) is 0 Å². The average molecular weight is 255 g/mol. The van der Waals surface area contributed by atoms with Crippen molar-refractivity contribution in [2.24, 2.45) is 17.8 Å². The maximum Gasteiger partial charge on any atom is 0.409 e. The summed E-state index contributed by atoms with van der Waals surface area (Å²) in [5.41, 5.74) is 0. The maximum atomic E-state index is 13.1. The van der Waals surface area contributed by atoms with Gasteiger partial charge in [0.25, 0.3) is 0 Å². The fourth-order valence-electron chi connectivity index (χ4n) is 2.82. The van der Waals surface area contributed by atoms with Gasteiger partial charge in [-0.3, -0.25) is 0 Å². The van der Waals surface area contributed by atoms with Crippen molar-refractivity contribution in [2.45, 2.75) is 38.6 Å². The number of amides is 1. The predicted octanol–water partition coefficient (Wildman–Crippen LogP) is 2.20. The zero-order valence-corrected chi connectivity index (χ0v) is 10.3. The predicted molar refractivity (Wildman–Crippen MR) is 63.5 cm³/mol. The number of hydrogen-bond donors (Lipinski definition) is 1. The molecule has 0 saturated heterocycles. The molecule has 1 fully saturated rings. The van der Waals surface area contributed by atoms with Gasteiger partial charge in [0.05, 0.1) is 0 Å². The quantitative estimate of drug-likeness (QED) is 0.605. The summed E-state index contributed by atoms with van der Waals surface area (Å²) in [5.74, 6) is 0.161. The second-order valence-corrected chi connectivity index (χ2v) is 4.94. The van der Waals surface area contributed by atoms with Crippen molar-refractivity contribution < 1.29 is 18.7 Å². The highest BCUT2D eigenvalue weighted by molar-refractivity contribution is 5.70. The Hall–Kier alpha value is -1.39. The van der Waals surface area contributed by atoms with Crippen molar-refractivity contribution in [1.29, 1.82) is 0 Å². The third-order valence-corrected chi connectivity index (χ3v) is 3.71. The molecule has 2 aliphatic rings. The number of alkyl halides is 1. The van der Waals surface area contributed by atoms with Crippen LogP contribution in [0.15, 0.2) is 12.2 Å². The van der Waals surface area contributed by atoms with E-state index in [1.807, 2.05) is 19.1 Å². The van der Waals surface area contributed by atoms with Crippen LogP contribution in [0.2, 0.25) is 0 Å². The molecule has 0 aromatic rings. The molecule has 5 heteroatoms. The van der Waals surface area contributed by atoms with E-state index in [-0.39, 0.29) is 30.2 Å². The van der Waals surface area contributed by atoms with Crippen molar-refractivity contribution in [3.05, 3.63) is 12.2 Å².